The van der Waals surface area contributed by atoms with E-state index < -0.39 is 22.7 Å². The van der Waals surface area contributed by atoms with Gasteiger partial charge in [0.05, 0.1) is 4.90 Å². The largest absolute Gasteiger partial charge is 0.352 e. The monoisotopic (exact) mass is 414 g/mol. The third-order valence-electron chi connectivity index (χ3n) is 5.61. The van der Waals surface area contributed by atoms with Crippen molar-refractivity contribution in [2.45, 2.75) is 50.0 Å². The Labute approximate surface area is 173 Å². The second kappa shape index (κ2) is 8.34. The number of urea groups is 1. The number of benzene rings is 2. The molecule has 0 heterocycles. The fourth-order valence-electron chi connectivity index (χ4n) is 4.41. The van der Waals surface area contributed by atoms with Crippen LogP contribution in [-0.4, -0.2) is 25.0 Å². The highest BCUT2D eigenvalue weighted by molar-refractivity contribution is 7.85. The normalized spacial score (nSPS) is 16.2. The lowest BCUT2D eigenvalue weighted by Gasteiger charge is -2.15. The van der Waals surface area contributed by atoms with E-state index in [1.54, 1.807) is 6.07 Å². The summed E-state index contributed by atoms with van der Waals surface area (Å²) in [6, 6.07) is 6.74. The molecule has 2 aromatic carbocycles. The minimum absolute atomic E-state index is 0.256. The van der Waals surface area contributed by atoms with Crippen molar-refractivity contribution in [1.29, 1.82) is 0 Å². The lowest BCUT2D eigenvalue weighted by atomic mass is 9.99. The molecule has 0 aliphatic heterocycles. The molecule has 4 rings (SSSR count). The first-order valence-corrected chi connectivity index (χ1v) is 11.3. The number of fused-ring (bicyclic) bond motifs is 2. The Hall–Kier alpha value is -2.09. The molecule has 5 nitrogen and oxygen atoms in total. The van der Waals surface area contributed by atoms with E-state index in [1.807, 2.05) is 25.1 Å². The van der Waals surface area contributed by atoms with E-state index in [0.29, 0.717) is 6.54 Å². The second-order valence-electron chi connectivity index (χ2n) is 8.07. The maximum Gasteiger partial charge on any atom is 0.352 e. The number of hydrogen-bond acceptors (Lipinski definition) is 2. The molecule has 2 aliphatic rings. The molecule has 154 valence electrons. The van der Waals surface area contributed by atoms with Gasteiger partial charge in [-0.2, -0.15) is 4.36 Å². The number of aryl methyl sites for hydroxylation is 2. The topological polar surface area (TPSA) is 70.7 Å². The summed E-state index contributed by atoms with van der Waals surface area (Å²) in [5, 5.41) is 9.07. The predicted molar refractivity (Wildman–Crippen MR) is 116 cm³/mol. The Balaban J connectivity index is 1.57. The highest BCUT2D eigenvalue weighted by Gasteiger charge is 2.25. The Morgan fingerprint density at radius 2 is 1.79 bits per heavy atom. The number of rotatable bonds is 4. The predicted octanol–water partition coefficient (Wildman–Crippen LogP) is 4.13. The summed E-state index contributed by atoms with van der Waals surface area (Å²) in [5.74, 6) is -0.423. The molecular formula is C22H27FN4OS. The van der Waals surface area contributed by atoms with Gasteiger partial charge in [0.2, 0.25) is 0 Å². The average Bonchev–Trinajstić information content (AvgIpc) is 3.29. The van der Waals surface area contributed by atoms with Crippen molar-refractivity contribution in [1.82, 2.24) is 4.90 Å². The van der Waals surface area contributed by atoms with Crippen molar-refractivity contribution in [2.24, 2.45) is 9.50 Å². The number of carbonyl (C=O) groups excluding carboxylic acids is 1. The van der Waals surface area contributed by atoms with Crippen LogP contribution in [0.3, 0.4) is 0 Å². The highest BCUT2D eigenvalue weighted by atomic mass is 32.2. The van der Waals surface area contributed by atoms with E-state index in [9.17, 15) is 9.18 Å². The summed E-state index contributed by atoms with van der Waals surface area (Å²) < 4.78 is 18.6. The molecule has 2 aliphatic carbocycles. The van der Waals surface area contributed by atoms with Gasteiger partial charge in [0.1, 0.15) is 5.82 Å². The van der Waals surface area contributed by atoms with Crippen LogP contribution in [0.25, 0.3) is 0 Å². The Kier molecular flexibility index (Phi) is 5.81. The molecule has 0 saturated heterocycles. The van der Waals surface area contributed by atoms with Crippen LogP contribution >= 0.6 is 0 Å². The summed E-state index contributed by atoms with van der Waals surface area (Å²) >= 11 is 0. The van der Waals surface area contributed by atoms with Crippen LogP contribution in [0.15, 0.2) is 33.5 Å². The summed E-state index contributed by atoms with van der Waals surface area (Å²) in [7, 11) is 2.51. The molecule has 0 fully saturated rings. The van der Waals surface area contributed by atoms with Gasteiger partial charge in [-0.1, -0.05) is 12.1 Å². The van der Waals surface area contributed by atoms with E-state index in [1.165, 1.54) is 28.3 Å². The van der Waals surface area contributed by atoms with Crippen LogP contribution in [0.1, 0.15) is 40.7 Å². The second-order valence-corrected chi connectivity index (χ2v) is 9.32. The number of halogens is 1. The van der Waals surface area contributed by atoms with E-state index in [4.69, 9.17) is 5.14 Å². The zero-order chi connectivity index (χ0) is 20.5. The maximum atomic E-state index is 14.5. The zero-order valence-electron chi connectivity index (χ0n) is 16.9. The molecule has 1 atom stereocenters. The quantitative estimate of drug-likeness (QED) is 0.790. The standard InChI is InChI=1S/C22H27FN4OS/c1-27(2)13-14-9-10-20(19(23)11-14)29(24)26-22(28)25-21-17-7-3-5-15(17)12-16-6-4-8-18(16)21/h9-12H,3-8,13H2,1-2H3,(H3,24,25,26,28). The highest BCUT2D eigenvalue weighted by Crippen LogP contribution is 2.38. The first-order chi connectivity index (χ1) is 13.9. The minimum Gasteiger partial charge on any atom is -0.305 e. The van der Waals surface area contributed by atoms with Crippen molar-refractivity contribution in [2.75, 3.05) is 19.4 Å². The van der Waals surface area contributed by atoms with Crippen LogP contribution in [0, 0.1) is 5.82 Å². The third kappa shape index (κ3) is 4.27. The molecule has 0 radical (unpaired) electrons. The van der Waals surface area contributed by atoms with E-state index in [2.05, 4.69) is 15.7 Å². The number of nitrogens with two attached hydrogens (primary N) is 1. The van der Waals surface area contributed by atoms with E-state index >= 15 is 0 Å². The number of hydrogen-bond donors (Lipinski definition) is 2. The number of nitrogens with zero attached hydrogens (tertiary/aromatic N) is 2. The number of nitrogens with one attached hydrogen (secondary N) is 1. The SMILES string of the molecule is CN(C)Cc1ccc(S(N)=NC(=O)Nc2c3c(cc4c2CCC4)CCC3)c(F)c1. The van der Waals surface area contributed by atoms with Crippen molar-refractivity contribution < 1.29 is 9.18 Å². The summed E-state index contributed by atoms with van der Waals surface area (Å²) in [6.45, 7) is 0.636. The van der Waals surface area contributed by atoms with Crippen molar-refractivity contribution in [3.05, 3.63) is 57.9 Å². The van der Waals surface area contributed by atoms with Gasteiger partial charge in [-0.05, 0) is 92.6 Å². The molecule has 0 saturated carbocycles. The van der Waals surface area contributed by atoms with Gasteiger partial charge in [-0.3, -0.25) is 5.14 Å². The Bertz CT molecular complexity index is 971. The van der Waals surface area contributed by atoms with Gasteiger partial charge < -0.3 is 10.2 Å². The van der Waals surface area contributed by atoms with Crippen LogP contribution in [0.5, 0.6) is 0 Å². The van der Waals surface area contributed by atoms with Crippen molar-refractivity contribution in [3.63, 3.8) is 0 Å². The smallest absolute Gasteiger partial charge is 0.305 e. The number of carbonyl (C=O) groups is 1. The maximum absolute atomic E-state index is 14.5. The minimum atomic E-state index is -1.34. The van der Waals surface area contributed by atoms with Crippen LogP contribution in [0.4, 0.5) is 14.9 Å². The van der Waals surface area contributed by atoms with Gasteiger partial charge in [-0.25, -0.2) is 9.18 Å². The molecule has 2 amide bonds. The summed E-state index contributed by atoms with van der Waals surface area (Å²) in [5.41, 5.74) is 6.95. The van der Waals surface area contributed by atoms with Crippen molar-refractivity contribution in [3.8, 4) is 0 Å². The summed E-state index contributed by atoms with van der Waals surface area (Å²) in [6.07, 6.45) is 6.32. The van der Waals surface area contributed by atoms with E-state index in [-0.39, 0.29) is 4.90 Å². The molecule has 1 unspecified atom stereocenters. The number of amides is 2. The van der Waals surface area contributed by atoms with Gasteiger partial charge in [0.25, 0.3) is 0 Å². The lowest BCUT2D eigenvalue weighted by molar-refractivity contribution is 0.260. The third-order valence-corrected chi connectivity index (χ3v) is 6.75. The fourth-order valence-corrected chi connectivity index (χ4v) is 5.20. The lowest BCUT2D eigenvalue weighted by Crippen LogP contribution is -2.16. The molecule has 0 bridgehead atoms. The van der Waals surface area contributed by atoms with Gasteiger partial charge >= 0.3 is 6.03 Å². The molecular weight excluding hydrogens is 387 g/mol. The van der Waals surface area contributed by atoms with Gasteiger partial charge in [-0.15, -0.1) is 0 Å². The molecule has 2 aromatic rings. The first-order valence-electron chi connectivity index (χ1n) is 10.0. The van der Waals surface area contributed by atoms with Crippen LogP contribution in [-0.2, 0) is 43.1 Å². The number of anilines is 1. The fraction of sp³-hybridized carbons (Fsp3) is 0.409. The van der Waals surface area contributed by atoms with Crippen molar-refractivity contribution >= 4 is 22.6 Å². The van der Waals surface area contributed by atoms with Gasteiger partial charge in [0.15, 0.2) is 0 Å². The molecule has 29 heavy (non-hydrogen) atoms. The average molecular weight is 415 g/mol. The van der Waals surface area contributed by atoms with Crippen LogP contribution < -0.4 is 10.5 Å². The molecule has 7 heteroatoms. The van der Waals surface area contributed by atoms with Gasteiger partial charge in [0, 0.05) is 23.1 Å². The molecule has 3 N–H and O–H groups in total. The Morgan fingerprint density at radius 3 is 2.38 bits per heavy atom. The molecule has 0 spiro atoms. The first kappa shape index (κ1) is 20.2. The molecule has 0 aromatic heterocycles. The Morgan fingerprint density at radius 1 is 1.14 bits per heavy atom. The summed E-state index contributed by atoms with van der Waals surface area (Å²) in [4.78, 5) is 14.9. The van der Waals surface area contributed by atoms with E-state index in [0.717, 1.165) is 49.8 Å². The van der Waals surface area contributed by atoms with Crippen LogP contribution in [0.2, 0.25) is 0 Å². The zero-order valence-corrected chi connectivity index (χ0v) is 17.7.